The van der Waals surface area contributed by atoms with E-state index in [9.17, 15) is 55.5 Å². The second-order valence-electron chi connectivity index (χ2n) is 16.3. The lowest BCUT2D eigenvalue weighted by Gasteiger charge is -2.48. The van der Waals surface area contributed by atoms with Crippen molar-refractivity contribution in [1.82, 2.24) is 15.5 Å². The van der Waals surface area contributed by atoms with Gasteiger partial charge in [0, 0.05) is 66.8 Å². The Morgan fingerprint density at radius 3 is 2.58 bits per heavy atom. The predicted octanol–water partition coefficient (Wildman–Crippen LogP) is -1.46. The lowest BCUT2D eigenvalue weighted by molar-refractivity contribution is -0.416. The number of carboxylic acids is 1. The number of hydrogen-bond acceptors (Lipinski definition) is 22. The number of hydrogen-bond donors (Lipinski definition) is 12. The Kier molecular flexibility index (Phi) is 19.9. The predicted molar refractivity (Wildman–Crippen MR) is 247 cm³/mol. The van der Waals surface area contributed by atoms with E-state index < -0.39 is 92.0 Å². The first-order chi connectivity index (χ1) is 31.8. The van der Waals surface area contributed by atoms with Crippen molar-refractivity contribution < 1.29 is 79.2 Å². The summed E-state index contributed by atoms with van der Waals surface area (Å²) in [5.74, 6) is -6.12. The first-order valence-corrected chi connectivity index (χ1v) is 26.4. The van der Waals surface area contributed by atoms with Gasteiger partial charge in [-0.15, -0.1) is 0 Å². The van der Waals surface area contributed by atoms with Gasteiger partial charge in [-0.05, 0) is 37.8 Å². The highest BCUT2D eigenvalue weighted by Crippen LogP contribution is 2.45. The Hall–Kier alpha value is -2.57. The van der Waals surface area contributed by atoms with Gasteiger partial charge in [-0.1, -0.05) is 67.5 Å². The molecule has 6 aliphatic rings. The molecule has 13 N–H and O–H groups in total. The molecule has 0 radical (unpaired) electrons. The minimum absolute atomic E-state index is 0.0396. The standard InChI is InChI=1S/C41H61N5O16S4/c1-43-32(17-51)61-35-39(60-30(16-50)34(52)41(35,56)57)62-38-24-4-2-11-63-64-20-31-28(15-49)46-12-21(33(25(13-46)36(53)54)45-40(42)44-9-3-10-47)5-7-23(24)26(18-58-38)37(55)59-29-8-6-22(14-48)27(29)19-65-66-31/h2,4-5,7,13,18,22-24,27-32,34-35,38-39,43,47-52,56-57H,3,6,8-12,14-17,19-20H2,1H3,(H,53,54)(H3,42,44,45). The van der Waals surface area contributed by atoms with Crippen molar-refractivity contribution in [3.05, 3.63) is 59.2 Å². The summed E-state index contributed by atoms with van der Waals surface area (Å²) in [6, 6.07) is -0.584. The van der Waals surface area contributed by atoms with Crippen molar-refractivity contribution in [2.24, 2.45) is 34.4 Å². The van der Waals surface area contributed by atoms with Crippen LogP contribution in [0.15, 0.2) is 64.2 Å². The average molecular weight is 1010 g/mol. The molecule has 0 aromatic carbocycles. The molecular weight excluding hydrogens is 947 g/mol. The van der Waals surface area contributed by atoms with Crippen molar-refractivity contribution in [2.45, 2.75) is 79.6 Å². The number of carbonyl (C=O) groups is 2. The molecule has 5 aliphatic heterocycles. The molecule has 25 heteroatoms. The van der Waals surface area contributed by atoms with Crippen LogP contribution in [0.2, 0.25) is 0 Å². The Morgan fingerprint density at radius 2 is 1.88 bits per heavy atom. The zero-order valence-corrected chi connectivity index (χ0v) is 39.4. The number of aliphatic hydroxyl groups excluding tert-OH is 6. The summed E-state index contributed by atoms with van der Waals surface area (Å²) in [6.45, 7) is -1.88. The second-order valence-corrected chi connectivity index (χ2v) is 21.5. The van der Waals surface area contributed by atoms with Gasteiger partial charge in [0.2, 0.25) is 12.1 Å². The van der Waals surface area contributed by atoms with Gasteiger partial charge in [-0.2, -0.15) is 0 Å². The third-order valence-corrected chi connectivity index (χ3v) is 17.7. The van der Waals surface area contributed by atoms with Crippen LogP contribution in [-0.4, -0.2) is 199 Å². The fraction of sp³-hybridized carbons (Fsp3) is 0.683. The lowest BCUT2D eigenvalue weighted by atomic mass is 9.82. The van der Waals surface area contributed by atoms with Crippen molar-refractivity contribution in [1.29, 1.82) is 0 Å². The third kappa shape index (κ3) is 12.4. The maximum atomic E-state index is 14.6. The fourth-order valence-corrected chi connectivity index (χ4v) is 14.6. The van der Waals surface area contributed by atoms with E-state index in [0.29, 0.717) is 42.1 Å². The van der Waals surface area contributed by atoms with E-state index in [0.717, 1.165) is 0 Å². The minimum Gasteiger partial charge on any atom is -0.478 e. The number of ether oxygens (including phenoxy) is 5. The van der Waals surface area contributed by atoms with Crippen LogP contribution in [0.1, 0.15) is 19.3 Å². The molecule has 6 rings (SSSR count). The Bertz CT molecular complexity index is 1850. The summed E-state index contributed by atoms with van der Waals surface area (Å²) in [5.41, 5.74) is 6.60. The lowest BCUT2D eigenvalue weighted by Crippen LogP contribution is -2.69. The number of rotatable bonds is 14. The first kappa shape index (κ1) is 52.8. The SMILES string of the molecule is CNC(CO)OC1C(OC2OC=C3C(=O)OC4CCC(CO)C4CSSC4CSSCC=CC2C3C=CC2=C(NC(N)=NCCCO)C(C(=O)O)=CN(C2)C4CO)OC(CO)C(O)C1(O)O. The van der Waals surface area contributed by atoms with Crippen LogP contribution in [0.4, 0.5) is 0 Å². The number of esters is 1. The van der Waals surface area contributed by atoms with Crippen molar-refractivity contribution in [3.8, 4) is 0 Å². The number of aliphatic carboxylic acids is 1. The number of allylic oxidation sites excluding steroid dienone is 1. The van der Waals surface area contributed by atoms with Crippen LogP contribution >= 0.6 is 43.2 Å². The molecule has 0 aromatic heterocycles. The van der Waals surface area contributed by atoms with Gasteiger partial charge in [0.1, 0.15) is 24.5 Å². The quantitative estimate of drug-likeness (QED) is 0.0180. The van der Waals surface area contributed by atoms with E-state index in [1.54, 1.807) is 55.5 Å². The number of guanidine groups is 1. The number of nitrogens with one attached hydrogen (secondary N) is 2. The van der Waals surface area contributed by atoms with E-state index >= 15 is 0 Å². The smallest absolute Gasteiger partial charge is 0.339 e. The molecule has 1 saturated carbocycles. The molecule has 0 amide bonds. The van der Waals surface area contributed by atoms with Crippen molar-refractivity contribution in [2.75, 3.05) is 70.4 Å². The Labute approximate surface area is 397 Å². The van der Waals surface area contributed by atoms with Crippen LogP contribution in [0.25, 0.3) is 0 Å². The molecule has 5 heterocycles. The summed E-state index contributed by atoms with van der Waals surface area (Å²) in [5, 5.41) is 100. The highest BCUT2D eigenvalue weighted by Gasteiger charge is 2.58. The van der Waals surface area contributed by atoms with Crippen LogP contribution in [-0.2, 0) is 33.3 Å². The molecule has 21 nitrogen and oxygen atoms in total. The maximum Gasteiger partial charge on any atom is 0.339 e. The number of aliphatic imine (C=N–C) groups is 1. The highest BCUT2D eigenvalue weighted by atomic mass is 33.1. The van der Waals surface area contributed by atoms with Gasteiger partial charge in [0.05, 0.1) is 54.9 Å². The van der Waals surface area contributed by atoms with Gasteiger partial charge >= 0.3 is 11.9 Å². The summed E-state index contributed by atoms with van der Waals surface area (Å²) >= 11 is 0. The monoisotopic (exact) mass is 1010 g/mol. The highest BCUT2D eigenvalue weighted by molar-refractivity contribution is 8.78. The Morgan fingerprint density at radius 1 is 1.08 bits per heavy atom. The summed E-state index contributed by atoms with van der Waals surface area (Å²) in [6.07, 6.45) is 0.379. The van der Waals surface area contributed by atoms with Gasteiger partial charge in [0.15, 0.2) is 18.4 Å². The molecule has 370 valence electrons. The largest absolute Gasteiger partial charge is 0.478 e. The third-order valence-electron chi connectivity index (χ3n) is 12.2. The number of carbonyl (C=O) groups excluding carboxylic acids is 1. The normalized spacial score (nSPS) is 34.7. The van der Waals surface area contributed by atoms with Crippen molar-refractivity contribution in [3.63, 3.8) is 0 Å². The molecule has 2 fully saturated rings. The van der Waals surface area contributed by atoms with Gasteiger partial charge in [-0.25, -0.2) is 9.59 Å². The molecule has 0 aromatic rings. The second kappa shape index (κ2) is 24.8. The van der Waals surface area contributed by atoms with E-state index in [2.05, 4.69) is 15.6 Å². The van der Waals surface area contributed by atoms with Crippen molar-refractivity contribution >= 4 is 61.1 Å². The number of carboxylic acid groups (broad SMARTS) is 1. The fourth-order valence-electron chi connectivity index (χ4n) is 8.55. The average Bonchev–Trinajstić information content (AvgIpc) is 3.68. The first-order valence-electron chi connectivity index (χ1n) is 21.6. The van der Waals surface area contributed by atoms with Crippen LogP contribution < -0.4 is 16.4 Å². The molecule has 1 aliphatic carbocycles. The molecule has 4 bridgehead atoms. The molecule has 1 saturated heterocycles. The van der Waals surface area contributed by atoms with Crippen LogP contribution in [0.5, 0.6) is 0 Å². The summed E-state index contributed by atoms with van der Waals surface area (Å²) < 4.78 is 30.5. The van der Waals surface area contributed by atoms with Gasteiger partial charge in [-0.3, -0.25) is 10.3 Å². The Balaban J connectivity index is 1.52. The minimum atomic E-state index is -3.10. The van der Waals surface area contributed by atoms with Crippen LogP contribution in [0.3, 0.4) is 0 Å². The number of likely N-dealkylation sites (N-methyl/N-ethyl adjacent to an activating group) is 1. The summed E-state index contributed by atoms with van der Waals surface area (Å²) in [7, 11) is 7.59. The molecule has 13 atom stereocenters. The maximum absolute atomic E-state index is 14.6. The zero-order valence-electron chi connectivity index (χ0n) is 36.1. The van der Waals surface area contributed by atoms with E-state index in [4.69, 9.17) is 29.4 Å². The van der Waals surface area contributed by atoms with E-state index in [-0.39, 0.29) is 72.8 Å². The summed E-state index contributed by atoms with van der Waals surface area (Å²) in [4.78, 5) is 33.7. The van der Waals surface area contributed by atoms with E-state index in [1.165, 1.54) is 30.3 Å². The van der Waals surface area contributed by atoms with E-state index in [1.807, 2.05) is 6.08 Å². The van der Waals surface area contributed by atoms with Crippen LogP contribution in [0, 0.1) is 23.7 Å². The number of aliphatic hydroxyl groups is 8. The van der Waals surface area contributed by atoms with Gasteiger partial charge < -0.3 is 85.6 Å². The number of nitrogens with two attached hydrogens (primary N) is 1. The number of fused-ring (bicyclic) bond motifs is 2. The topological polar surface area (TPSA) is 328 Å². The molecule has 0 spiro atoms. The number of nitrogens with zero attached hydrogens (tertiary/aromatic N) is 2. The zero-order chi connectivity index (χ0) is 47.5. The molecule has 13 unspecified atom stereocenters. The molecular formula is C41H61N5O16S4. The molecule has 66 heavy (non-hydrogen) atoms. The van der Waals surface area contributed by atoms with Gasteiger partial charge in [0.25, 0.3) is 0 Å².